The average molecular weight is 350 g/mol. The van der Waals surface area contributed by atoms with Gasteiger partial charge in [0, 0.05) is 13.0 Å². The molecule has 0 bridgehead atoms. The molecule has 3 rings (SSSR count). The van der Waals surface area contributed by atoms with Gasteiger partial charge in [-0.3, -0.25) is 4.79 Å². The first-order valence-electron chi connectivity index (χ1n) is 7.36. The van der Waals surface area contributed by atoms with Gasteiger partial charge in [-0.05, 0) is 49.9 Å². The van der Waals surface area contributed by atoms with Crippen molar-refractivity contribution >= 4 is 24.0 Å². The van der Waals surface area contributed by atoms with Gasteiger partial charge < -0.3 is 10.2 Å². The van der Waals surface area contributed by atoms with E-state index in [1.165, 1.54) is 6.20 Å². The van der Waals surface area contributed by atoms with Gasteiger partial charge in [-0.1, -0.05) is 0 Å². The second kappa shape index (κ2) is 6.28. The number of hydrogen-bond acceptors (Lipinski definition) is 3. The number of rotatable bonds is 1. The summed E-state index contributed by atoms with van der Waals surface area (Å²) in [6.07, 6.45) is -0.982. The fourth-order valence-corrected chi connectivity index (χ4v) is 3.39. The third kappa shape index (κ3) is 3.45. The highest BCUT2D eigenvalue weighted by molar-refractivity contribution is 5.96. The van der Waals surface area contributed by atoms with Crippen LogP contribution in [0, 0.1) is 12.3 Å². The summed E-state index contributed by atoms with van der Waals surface area (Å²) in [5.74, 6) is -0.0217. The van der Waals surface area contributed by atoms with Crippen molar-refractivity contribution in [3.05, 3.63) is 23.5 Å². The molecule has 0 aliphatic carbocycles. The van der Waals surface area contributed by atoms with Crippen molar-refractivity contribution in [3.63, 3.8) is 0 Å². The Bertz CT molecular complexity index is 600. The number of piperidine rings is 1. The number of nitrogens with one attached hydrogen (secondary N) is 1. The van der Waals surface area contributed by atoms with Gasteiger partial charge in [-0.15, -0.1) is 12.4 Å². The Morgan fingerprint density at radius 3 is 2.52 bits per heavy atom. The molecule has 8 heteroatoms. The number of anilines is 1. The Labute approximate surface area is 138 Å². The van der Waals surface area contributed by atoms with Gasteiger partial charge in [0.25, 0.3) is 0 Å². The molecule has 2 aliphatic rings. The van der Waals surface area contributed by atoms with Crippen molar-refractivity contribution in [3.8, 4) is 0 Å². The zero-order valence-electron chi connectivity index (χ0n) is 12.7. The molecule has 0 aromatic carbocycles. The lowest BCUT2D eigenvalue weighted by Gasteiger charge is -2.33. The first-order valence-corrected chi connectivity index (χ1v) is 7.36. The van der Waals surface area contributed by atoms with Crippen LogP contribution in [0.4, 0.5) is 18.9 Å². The molecule has 0 atom stereocenters. The summed E-state index contributed by atoms with van der Waals surface area (Å²) in [6, 6.07) is 1.01. The zero-order valence-corrected chi connectivity index (χ0v) is 13.6. The predicted octanol–water partition coefficient (Wildman–Crippen LogP) is 2.94. The van der Waals surface area contributed by atoms with Gasteiger partial charge in [0.1, 0.15) is 5.69 Å². The van der Waals surface area contributed by atoms with E-state index < -0.39 is 11.9 Å². The van der Waals surface area contributed by atoms with Crippen LogP contribution in [0.15, 0.2) is 12.3 Å². The number of nitrogens with zero attached hydrogens (tertiary/aromatic N) is 2. The Morgan fingerprint density at radius 2 is 1.96 bits per heavy atom. The number of aryl methyl sites for hydroxylation is 1. The highest BCUT2D eigenvalue weighted by Crippen LogP contribution is 2.42. The van der Waals surface area contributed by atoms with Gasteiger partial charge >= 0.3 is 6.18 Å². The maximum Gasteiger partial charge on any atom is 0.433 e. The number of carbonyl (C=O) groups excluding carboxylic acids is 1. The number of alkyl halides is 3. The maximum atomic E-state index is 12.7. The van der Waals surface area contributed by atoms with E-state index >= 15 is 0 Å². The van der Waals surface area contributed by atoms with E-state index in [0.717, 1.165) is 32.0 Å². The number of hydrogen-bond donors (Lipinski definition) is 1. The average Bonchev–Trinajstić information content (AvgIpc) is 2.75. The predicted molar refractivity (Wildman–Crippen MR) is 82.7 cm³/mol. The minimum atomic E-state index is -4.46. The van der Waals surface area contributed by atoms with Crippen LogP contribution in [-0.2, 0) is 11.0 Å². The number of pyridine rings is 1. The van der Waals surface area contributed by atoms with Crippen molar-refractivity contribution in [2.45, 2.75) is 32.4 Å². The fraction of sp³-hybridized carbons (Fsp3) is 0.600. The standard InChI is InChI=1S/C15H18F3N3O.ClH/c1-10-6-12(15(16,17)18)20-8-11(10)21-9-14(7-13(21)22)2-4-19-5-3-14;/h6,8,19H,2-5,7,9H2,1H3;1H. The molecule has 2 saturated heterocycles. The molecular formula is C15H19ClF3N3O. The van der Waals surface area contributed by atoms with Crippen LogP contribution in [0.25, 0.3) is 0 Å². The third-order valence-corrected chi connectivity index (χ3v) is 4.65. The number of amides is 1. The molecule has 23 heavy (non-hydrogen) atoms. The van der Waals surface area contributed by atoms with Crippen LogP contribution in [0.3, 0.4) is 0 Å². The molecule has 2 aliphatic heterocycles. The van der Waals surface area contributed by atoms with E-state index in [1.54, 1.807) is 11.8 Å². The fourth-order valence-electron chi connectivity index (χ4n) is 3.39. The Kier molecular flexibility index (Phi) is 4.92. The lowest BCUT2D eigenvalue weighted by molar-refractivity contribution is -0.141. The molecule has 1 N–H and O–H groups in total. The largest absolute Gasteiger partial charge is 0.433 e. The molecule has 0 unspecified atom stereocenters. The Balaban J connectivity index is 0.00000192. The molecule has 1 spiro atoms. The monoisotopic (exact) mass is 349 g/mol. The summed E-state index contributed by atoms with van der Waals surface area (Å²) in [5.41, 5.74) is -0.0377. The highest BCUT2D eigenvalue weighted by atomic mass is 35.5. The van der Waals surface area contributed by atoms with Crippen LogP contribution in [-0.4, -0.2) is 30.5 Å². The summed E-state index contributed by atoms with van der Waals surface area (Å²) < 4.78 is 38.1. The second-order valence-corrected chi connectivity index (χ2v) is 6.26. The van der Waals surface area contributed by atoms with Gasteiger partial charge in [0.2, 0.25) is 5.91 Å². The second-order valence-electron chi connectivity index (χ2n) is 6.26. The minimum Gasteiger partial charge on any atom is -0.317 e. The van der Waals surface area contributed by atoms with Crippen LogP contribution >= 0.6 is 12.4 Å². The summed E-state index contributed by atoms with van der Waals surface area (Å²) in [5, 5.41) is 3.27. The lowest BCUT2D eigenvalue weighted by atomic mass is 9.78. The van der Waals surface area contributed by atoms with Gasteiger partial charge in [-0.2, -0.15) is 13.2 Å². The molecule has 4 nitrogen and oxygen atoms in total. The molecular weight excluding hydrogens is 331 g/mol. The number of aromatic nitrogens is 1. The molecule has 1 amide bonds. The first-order chi connectivity index (χ1) is 10.3. The third-order valence-electron chi connectivity index (χ3n) is 4.65. The van der Waals surface area contributed by atoms with Crippen LogP contribution in [0.1, 0.15) is 30.5 Å². The molecule has 0 saturated carbocycles. The van der Waals surface area contributed by atoms with Crippen molar-refractivity contribution in [2.24, 2.45) is 5.41 Å². The van der Waals surface area contributed by atoms with E-state index in [4.69, 9.17) is 0 Å². The first kappa shape index (κ1) is 18.0. The van der Waals surface area contributed by atoms with Crippen molar-refractivity contribution < 1.29 is 18.0 Å². The summed E-state index contributed by atoms with van der Waals surface area (Å²) in [4.78, 5) is 17.4. The van der Waals surface area contributed by atoms with E-state index in [2.05, 4.69) is 10.3 Å². The highest BCUT2D eigenvalue weighted by Gasteiger charge is 2.44. The molecule has 3 heterocycles. The molecule has 1 aromatic heterocycles. The SMILES string of the molecule is Cc1cc(C(F)(F)F)ncc1N1CC2(CCNCC2)CC1=O.Cl. The number of halogens is 4. The molecule has 2 fully saturated rings. The molecule has 0 radical (unpaired) electrons. The lowest BCUT2D eigenvalue weighted by Crippen LogP contribution is -2.38. The summed E-state index contributed by atoms with van der Waals surface area (Å²) >= 11 is 0. The normalized spacial score (nSPS) is 20.7. The maximum absolute atomic E-state index is 12.7. The van der Waals surface area contributed by atoms with Crippen molar-refractivity contribution in [1.82, 2.24) is 10.3 Å². The van der Waals surface area contributed by atoms with E-state index in [0.29, 0.717) is 24.2 Å². The van der Waals surface area contributed by atoms with Crippen LogP contribution < -0.4 is 10.2 Å². The van der Waals surface area contributed by atoms with Crippen LogP contribution in [0.5, 0.6) is 0 Å². The zero-order chi connectivity index (χ0) is 16.0. The number of carbonyl (C=O) groups is 1. The quantitative estimate of drug-likeness (QED) is 0.848. The summed E-state index contributed by atoms with van der Waals surface area (Å²) in [6.45, 7) is 3.92. The Hall–Kier alpha value is -1.34. The van der Waals surface area contributed by atoms with Gasteiger partial charge in [0.15, 0.2) is 0 Å². The molecule has 1 aromatic rings. The smallest absolute Gasteiger partial charge is 0.317 e. The summed E-state index contributed by atoms with van der Waals surface area (Å²) in [7, 11) is 0. The van der Waals surface area contributed by atoms with Gasteiger partial charge in [-0.25, -0.2) is 4.98 Å². The van der Waals surface area contributed by atoms with Crippen molar-refractivity contribution in [1.29, 1.82) is 0 Å². The molecule has 128 valence electrons. The minimum absolute atomic E-state index is 0. The van der Waals surface area contributed by atoms with E-state index in [9.17, 15) is 18.0 Å². The van der Waals surface area contributed by atoms with Crippen molar-refractivity contribution in [2.75, 3.05) is 24.5 Å². The van der Waals surface area contributed by atoms with E-state index in [-0.39, 0.29) is 23.7 Å². The van der Waals surface area contributed by atoms with Gasteiger partial charge in [0.05, 0.1) is 11.9 Å². The van der Waals surface area contributed by atoms with E-state index in [1.807, 2.05) is 0 Å². The van der Waals surface area contributed by atoms with Crippen LogP contribution in [0.2, 0.25) is 0 Å². The topological polar surface area (TPSA) is 45.2 Å². The Morgan fingerprint density at radius 1 is 1.30 bits per heavy atom.